The first kappa shape index (κ1) is 21.8. The van der Waals surface area contributed by atoms with Crippen LogP contribution in [-0.2, 0) is 12.6 Å². The largest absolute Gasteiger partial charge is 0.422 e. The minimum atomic E-state index is -5.06. The monoisotopic (exact) mass is 432 g/mol. The second-order valence-electron chi connectivity index (χ2n) is 8.48. The number of benzene rings is 3. The molecule has 3 aromatic carbocycles. The highest BCUT2D eigenvalue weighted by Gasteiger charge is 2.39. The highest BCUT2D eigenvalue weighted by atomic mass is 19.4. The van der Waals surface area contributed by atoms with Gasteiger partial charge in [0.2, 0.25) is 0 Å². The average molecular weight is 432 g/mol. The molecule has 1 aliphatic rings. The topological polar surface area (TPSA) is 0 Å². The lowest BCUT2D eigenvalue weighted by molar-refractivity contribution is -0.142. The van der Waals surface area contributed by atoms with Crippen LogP contribution in [0.3, 0.4) is 0 Å². The lowest BCUT2D eigenvalue weighted by Crippen LogP contribution is -2.23. The van der Waals surface area contributed by atoms with Crippen LogP contribution in [0.5, 0.6) is 0 Å². The Kier molecular flexibility index (Phi) is 6.05. The summed E-state index contributed by atoms with van der Waals surface area (Å²) in [7, 11) is 0. The van der Waals surface area contributed by atoms with Gasteiger partial charge in [-0.05, 0) is 64.8 Å². The third-order valence-electron chi connectivity index (χ3n) is 6.53. The van der Waals surface area contributed by atoms with E-state index in [9.17, 15) is 22.0 Å². The molecule has 0 amide bonds. The van der Waals surface area contributed by atoms with E-state index in [2.05, 4.69) is 6.92 Å². The van der Waals surface area contributed by atoms with Crippen LogP contribution < -0.4 is 0 Å². The van der Waals surface area contributed by atoms with Crippen molar-refractivity contribution in [1.82, 2.24) is 0 Å². The highest BCUT2D eigenvalue weighted by Crippen LogP contribution is 2.46. The summed E-state index contributed by atoms with van der Waals surface area (Å²) in [5, 5.41) is 2.19. The van der Waals surface area contributed by atoms with E-state index in [4.69, 9.17) is 0 Å². The molecule has 0 bridgehead atoms. The first-order valence-corrected chi connectivity index (χ1v) is 10.9. The van der Waals surface area contributed by atoms with Crippen LogP contribution in [0.4, 0.5) is 22.0 Å². The molecule has 0 unspecified atom stereocenters. The quantitative estimate of drug-likeness (QED) is 0.280. The van der Waals surface area contributed by atoms with Gasteiger partial charge < -0.3 is 0 Å². The molecule has 0 fully saturated rings. The zero-order valence-corrected chi connectivity index (χ0v) is 17.4. The van der Waals surface area contributed by atoms with Crippen molar-refractivity contribution in [3.8, 4) is 0 Å². The lowest BCUT2D eigenvalue weighted by atomic mass is 9.69. The van der Waals surface area contributed by atoms with E-state index < -0.39 is 23.4 Å². The van der Waals surface area contributed by atoms with Gasteiger partial charge in [0.25, 0.3) is 0 Å². The van der Waals surface area contributed by atoms with Gasteiger partial charge in [-0.25, -0.2) is 8.78 Å². The molecule has 0 heterocycles. The predicted octanol–water partition coefficient (Wildman–Crippen LogP) is 8.41. The molecule has 0 spiro atoms. The molecule has 4 rings (SSSR count). The summed E-state index contributed by atoms with van der Waals surface area (Å²) in [5.74, 6) is -3.27. The van der Waals surface area contributed by atoms with Crippen LogP contribution in [0.25, 0.3) is 10.8 Å². The molecule has 0 N–H and O–H groups in total. The molecular formula is C26H25F5. The van der Waals surface area contributed by atoms with Crippen LogP contribution in [0.2, 0.25) is 0 Å². The first-order valence-electron chi connectivity index (χ1n) is 10.9. The smallest absolute Gasteiger partial charge is 0.206 e. The van der Waals surface area contributed by atoms with E-state index >= 15 is 0 Å². The van der Waals surface area contributed by atoms with E-state index in [1.807, 2.05) is 36.4 Å². The molecule has 0 nitrogen and oxygen atoms in total. The van der Waals surface area contributed by atoms with Crippen molar-refractivity contribution < 1.29 is 22.0 Å². The van der Waals surface area contributed by atoms with E-state index in [-0.39, 0.29) is 11.8 Å². The number of hydrogen-bond acceptors (Lipinski definition) is 0. The van der Waals surface area contributed by atoms with E-state index in [1.165, 1.54) is 0 Å². The molecule has 2 atom stereocenters. The molecule has 164 valence electrons. The van der Waals surface area contributed by atoms with Crippen molar-refractivity contribution in [2.45, 2.75) is 57.5 Å². The third kappa shape index (κ3) is 4.19. The molecule has 0 aliphatic heterocycles. The molecule has 0 saturated carbocycles. The Morgan fingerprint density at radius 2 is 1.65 bits per heavy atom. The maximum absolute atomic E-state index is 14.5. The van der Waals surface area contributed by atoms with Crippen molar-refractivity contribution in [3.63, 3.8) is 0 Å². The maximum Gasteiger partial charge on any atom is 0.422 e. The van der Waals surface area contributed by atoms with Crippen LogP contribution in [0, 0.1) is 17.6 Å². The number of alkyl halides is 3. The second-order valence-corrected chi connectivity index (χ2v) is 8.48. The zero-order chi connectivity index (χ0) is 22.2. The number of rotatable bonds is 5. The number of fused-ring (bicyclic) bond motifs is 3. The van der Waals surface area contributed by atoms with Gasteiger partial charge in [-0.1, -0.05) is 62.6 Å². The van der Waals surface area contributed by atoms with Gasteiger partial charge in [0.15, 0.2) is 0 Å². The second kappa shape index (κ2) is 8.60. The van der Waals surface area contributed by atoms with Crippen molar-refractivity contribution in [2.24, 2.45) is 5.92 Å². The molecule has 5 heteroatoms. The summed E-state index contributed by atoms with van der Waals surface area (Å²) >= 11 is 0. The molecule has 31 heavy (non-hydrogen) atoms. The van der Waals surface area contributed by atoms with E-state index in [0.29, 0.717) is 5.56 Å². The number of aryl methyl sites for hydroxylation is 1. The fraction of sp³-hybridized carbons (Fsp3) is 0.385. The van der Waals surface area contributed by atoms with Crippen molar-refractivity contribution in [2.75, 3.05) is 0 Å². The van der Waals surface area contributed by atoms with Crippen LogP contribution in [0.15, 0.2) is 48.5 Å². The number of hydrogen-bond donors (Lipinski definition) is 0. The normalized spacial score (nSPS) is 18.9. The summed E-state index contributed by atoms with van der Waals surface area (Å²) in [4.78, 5) is 0. The molecule has 1 aliphatic carbocycles. The minimum Gasteiger partial charge on any atom is -0.206 e. The summed E-state index contributed by atoms with van der Waals surface area (Å²) in [6.07, 6.45) is 0.635. The standard InChI is InChI=1S/C26H25F5/c1-2-3-4-8-17-11-12-20-19-9-6-5-7-16(19)10-13-21(20)24(17)18-14-22(27)25(23(28)15-18)26(29,30)31/h5-7,9-10,13-15,17,24H,2-4,8,11-12H2,1H3/t17-,24-/m1/s1. The van der Waals surface area contributed by atoms with Gasteiger partial charge in [-0.2, -0.15) is 13.2 Å². The Morgan fingerprint density at radius 1 is 0.935 bits per heavy atom. The van der Waals surface area contributed by atoms with Crippen molar-refractivity contribution in [3.05, 3.63) is 82.4 Å². The molecular weight excluding hydrogens is 407 g/mol. The SMILES string of the molecule is CCCCC[C@@H]1CCc2c(ccc3ccccc23)[C@H]1c1cc(F)c(C(F)(F)F)c(F)c1. The van der Waals surface area contributed by atoms with E-state index in [1.54, 1.807) is 0 Å². The Hall–Kier alpha value is -2.43. The Morgan fingerprint density at radius 3 is 2.32 bits per heavy atom. The average Bonchev–Trinajstić information content (AvgIpc) is 2.71. The van der Waals surface area contributed by atoms with Gasteiger partial charge in [0, 0.05) is 5.92 Å². The number of unbranched alkanes of at least 4 members (excludes halogenated alkanes) is 2. The fourth-order valence-electron chi connectivity index (χ4n) is 5.14. The Labute approximate surface area is 179 Å². The van der Waals surface area contributed by atoms with Crippen LogP contribution >= 0.6 is 0 Å². The molecule has 0 radical (unpaired) electrons. The summed E-state index contributed by atoms with van der Waals surface area (Å²) in [5.41, 5.74) is 0.592. The van der Waals surface area contributed by atoms with Crippen molar-refractivity contribution >= 4 is 10.8 Å². The first-order chi connectivity index (χ1) is 14.8. The molecule has 0 aromatic heterocycles. The van der Waals surface area contributed by atoms with Gasteiger partial charge >= 0.3 is 6.18 Å². The maximum atomic E-state index is 14.5. The summed E-state index contributed by atoms with van der Waals surface area (Å²) in [6.45, 7) is 2.11. The predicted molar refractivity (Wildman–Crippen MR) is 113 cm³/mol. The summed E-state index contributed by atoms with van der Waals surface area (Å²) in [6, 6.07) is 13.8. The van der Waals surface area contributed by atoms with Gasteiger partial charge in [-0.3, -0.25) is 0 Å². The van der Waals surface area contributed by atoms with Crippen LogP contribution in [-0.4, -0.2) is 0 Å². The molecule has 3 aromatic rings. The minimum absolute atomic E-state index is 0.135. The fourth-order valence-corrected chi connectivity index (χ4v) is 5.14. The van der Waals surface area contributed by atoms with Gasteiger partial charge in [-0.15, -0.1) is 0 Å². The highest BCUT2D eigenvalue weighted by molar-refractivity contribution is 5.87. The Bertz CT molecular complexity index is 1060. The summed E-state index contributed by atoms with van der Waals surface area (Å²) < 4.78 is 68.2. The van der Waals surface area contributed by atoms with E-state index in [0.717, 1.165) is 72.6 Å². The molecule has 0 saturated heterocycles. The van der Waals surface area contributed by atoms with Gasteiger partial charge in [0.05, 0.1) is 0 Å². The van der Waals surface area contributed by atoms with Crippen LogP contribution in [0.1, 0.15) is 67.2 Å². The Balaban J connectivity index is 1.85. The van der Waals surface area contributed by atoms with Crippen molar-refractivity contribution in [1.29, 1.82) is 0 Å². The zero-order valence-electron chi connectivity index (χ0n) is 17.4. The van der Waals surface area contributed by atoms with Gasteiger partial charge in [0.1, 0.15) is 17.2 Å². The number of halogens is 5. The lowest BCUT2D eigenvalue weighted by Gasteiger charge is -2.35. The third-order valence-corrected chi connectivity index (χ3v) is 6.53.